The molecule has 2 unspecified atom stereocenters. The van der Waals surface area contributed by atoms with Crippen LogP contribution in [0.1, 0.15) is 25.8 Å². The number of aromatic nitrogens is 2. The Hall–Kier alpha value is -1.81. The smallest absolute Gasteiger partial charge is 0.475 e. The summed E-state index contributed by atoms with van der Waals surface area (Å²) in [7, 11) is 0. The molecule has 1 aliphatic rings. The number of piperidine rings is 1. The molecule has 2 heterocycles. The van der Waals surface area contributed by atoms with Crippen LogP contribution >= 0.6 is 15.9 Å². The van der Waals surface area contributed by atoms with Crippen molar-refractivity contribution in [2.75, 3.05) is 6.54 Å². The minimum Gasteiger partial charge on any atom is -0.475 e. The summed E-state index contributed by atoms with van der Waals surface area (Å²) in [4.78, 5) is 24.0. The molecule has 0 amide bonds. The predicted molar refractivity (Wildman–Crippen MR) is 89.7 cm³/mol. The quantitative estimate of drug-likeness (QED) is 0.657. The summed E-state index contributed by atoms with van der Waals surface area (Å²) in [6.45, 7) is 3.14. The molecule has 1 aromatic heterocycles. The molecule has 1 aliphatic heterocycles. The first kappa shape index (κ1) is 19.5. The van der Waals surface area contributed by atoms with E-state index in [1.807, 2.05) is 22.8 Å². The number of aliphatic carboxylic acids is 1. The number of nitrogens with one attached hydrogen (secondary N) is 2. The first-order chi connectivity index (χ1) is 11.6. The van der Waals surface area contributed by atoms with Crippen molar-refractivity contribution in [1.82, 2.24) is 14.9 Å². The monoisotopic (exact) mass is 423 g/mol. The molecule has 0 aliphatic carbocycles. The summed E-state index contributed by atoms with van der Waals surface area (Å²) >= 11 is 3.48. The van der Waals surface area contributed by atoms with Crippen LogP contribution in [0.4, 0.5) is 13.2 Å². The number of carbonyl (C=O) groups is 1. The Labute approximate surface area is 149 Å². The Morgan fingerprint density at radius 3 is 2.60 bits per heavy atom. The lowest BCUT2D eigenvalue weighted by Gasteiger charge is -2.28. The SMILES string of the molecule is CC1CC(n2c(=O)[nH]c3c(Br)cccc32)CCN1.O=C(O)C(F)(F)F. The number of aromatic amines is 1. The first-order valence-corrected chi connectivity index (χ1v) is 8.32. The van der Waals surface area contributed by atoms with E-state index in [9.17, 15) is 18.0 Å². The number of fused-ring (bicyclic) bond motifs is 1. The average Bonchev–Trinajstić information content (AvgIpc) is 2.84. The molecule has 0 saturated carbocycles. The molecule has 1 saturated heterocycles. The molecule has 0 radical (unpaired) electrons. The Morgan fingerprint density at radius 1 is 1.40 bits per heavy atom. The molecule has 10 heteroatoms. The number of hydrogen-bond acceptors (Lipinski definition) is 3. The van der Waals surface area contributed by atoms with E-state index in [0.29, 0.717) is 6.04 Å². The van der Waals surface area contributed by atoms with Crippen molar-refractivity contribution < 1.29 is 23.1 Å². The highest BCUT2D eigenvalue weighted by atomic mass is 79.9. The van der Waals surface area contributed by atoms with Crippen LogP contribution < -0.4 is 11.0 Å². The molecule has 3 rings (SSSR count). The van der Waals surface area contributed by atoms with Crippen molar-refractivity contribution in [2.24, 2.45) is 0 Å². The number of carboxylic acids is 1. The molecule has 2 atom stereocenters. The largest absolute Gasteiger partial charge is 0.490 e. The highest BCUT2D eigenvalue weighted by Gasteiger charge is 2.38. The van der Waals surface area contributed by atoms with Crippen LogP contribution in [-0.4, -0.2) is 39.4 Å². The topological polar surface area (TPSA) is 87.1 Å². The van der Waals surface area contributed by atoms with E-state index in [1.54, 1.807) is 0 Å². The van der Waals surface area contributed by atoms with Gasteiger partial charge in [0.1, 0.15) is 0 Å². The normalized spacial score (nSPS) is 20.8. The van der Waals surface area contributed by atoms with Gasteiger partial charge in [0, 0.05) is 16.6 Å². The standard InChI is InChI=1S/C13H16BrN3O.C2HF3O2/c1-8-7-9(5-6-15-8)17-11-4-2-3-10(14)12(11)16-13(17)18;3-2(4,5)1(6)7/h2-4,8-9,15H,5-7H2,1H3,(H,16,18);(H,6,7). The molecule has 138 valence electrons. The summed E-state index contributed by atoms with van der Waals surface area (Å²) in [6, 6.07) is 6.68. The molecular formula is C15H17BrF3N3O3. The van der Waals surface area contributed by atoms with Crippen molar-refractivity contribution >= 4 is 32.9 Å². The lowest BCUT2D eigenvalue weighted by Crippen LogP contribution is -2.38. The fourth-order valence-electron chi connectivity index (χ4n) is 2.82. The van der Waals surface area contributed by atoms with Crippen molar-refractivity contribution in [3.63, 3.8) is 0 Å². The van der Waals surface area contributed by atoms with Gasteiger partial charge in [0.05, 0.1) is 11.0 Å². The zero-order valence-electron chi connectivity index (χ0n) is 13.2. The van der Waals surface area contributed by atoms with E-state index in [4.69, 9.17) is 9.90 Å². The number of H-pyrrole nitrogens is 1. The number of benzene rings is 1. The van der Waals surface area contributed by atoms with Crippen LogP contribution in [0.3, 0.4) is 0 Å². The van der Waals surface area contributed by atoms with Crippen LogP contribution in [0.2, 0.25) is 0 Å². The Morgan fingerprint density at radius 2 is 2.04 bits per heavy atom. The van der Waals surface area contributed by atoms with Gasteiger partial charge in [-0.25, -0.2) is 9.59 Å². The molecule has 2 aromatic rings. The number of nitrogens with zero attached hydrogens (tertiary/aromatic N) is 1. The van der Waals surface area contributed by atoms with Crippen LogP contribution in [0, 0.1) is 0 Å². The van der Waals surface area contributed by atoms with Gasteiger partial charge in [-0.1, -0.05) is 6.07 Å². The van der Waals surface area contributed by atoms with Gasteiger partial charge in [0.2, 0.25) is 0 Å². The van der Waals surface area contributed by atoms with Gasteiger partial charge >= 0.3 is 17.8 Å². The van der Waals surface area contributed by atoms with Crippen molar-refractivity contribution in [3.8, 4) is 0 Å². The van der Waals surface area contributed by atoms with Gasteiger partial charge in [-0.05, 0) is 54.4 Å². The molecule has 1 aromatic carbocycles. The van der Waals surface area contributed by atoms with E-state index in [2.05, 4.69) is 33.2 Å². The van der Waals surface area contributed by atoms with E-state index in [1.165, 1.54) is 0 Å². The third-order valence-corrected chi connectivity index (χ3v) is 4.57. The second-order valence-electron chi connectivity index (χ2n) is 5.77. The Balaban J connectivity index is 0.000000277. The van der Waals surface area contributed by atoms with E-state index in [0.717, 1.165) is 34.9 Å². The van der Waals surface area contributed by atoms with Crippen LogP contribution in [-0.2, 0) is 4.79 Å². The van der Waals surface area contributed by atoms with E-state index in [-0.39, 0.29) is 11.7 Å². The minimum absolute atomic E-state index is 0.00370. The Kier molecular flexibility index (Phi) is 5.94. The third-order valence-electron chi connectivity index (χ3n) is 3.91. The number of alkyl halides is 3. The highest BCUT2D eigenvalue weighted by molar-refractivity contribution is 9.10. The molecule has 3 N–H and O–H groups in total. The summed E-state index contributed by atoms with van der Waals surface area (Å²) in [5.41, 5.74) is 1.89. The molecule has 25 heavy (non-hydrogen) atoms. The summed E-state index contributed by atoms with van der Waals surface area (Å²) in [5.74, 6) is -2.76. The maximum absolute atomic E-state index is 12.2. The van der Waals surface area contributed by atoms with Crippen molar-refractivity contribution in [1.29, 1.82) is 0 Å². The third kappa shape index (κ3) is 4.63. The number of para-hydroxylation sites is 1. The van der Waals surface area contributed by atoms with E-state index < -0.39 is 12.1 Å². The fraction of sp³-hybridized carbons (Fsp3) is 0.467. The molecule has 0 bridgehead atoms. The maximum atomic E-state index is 12.2. The molecule has 1 fully saturated rings. The molecule has 0 spiro atoms. The number of hydrogen-bond donors (Lipinski definition) is 3. The van der Waals surface area contributed by atoms with Gasteiger partial charge in [-0.3, -0.25) is 4.57 Å². The molecule has 6 nitrogen and oxygen atoms in total. The van der Waals surface area contributed by atoms with Crippen molar-refractivity contribution in [3.05, 3.63) is 33.2 Å². The van der Waals surface area contributed by atoms with Gasteiger partial charge in [0.25, 0.3) is 0 Å². The van der Waals surface area contributed by atoms with Gasteiger partial charge in [0.15, 0.2) is 0 Å². The molecular weight excluding hydrogens is 407 g/mol. The zero-order valence-corrected chi connectivity index (χ0v) is 14.8. The number of imidazole rings is 1. The van der Waals surface area contributed by atoms with Crippen LogP contribution in [0.5, 0.6) is 0 Å². The first-order valence-electron chi connectivity index (χ1n) is 7.53. The Bertz CT molecular complexity index is 816. The van der Waals surface area contributed by atoms with Crippen LogP contribution in [0.15, 0.2) is 27.5 Å². The number of halogens is 4. The number of rotatable bonds is 1. The zero-order chi connectivity index (χ0) is 18.8. The fourth-order valence-corrected chi connectivity index (χ4v) is 3.27. The predicted octanol–water partition coefficient (Wildman–Crippen LogP) is 3.04. The highest BCUT2D eigenvalue weighted by Crippen LogP contribution is 2.27. The second-order valence-corrected chi connectivity index (χ2v) is 6.62. The maximum Gasteiger partial charge on any atom is 0.490 e. The number of carboxylic acid groups (broad SMARTS) is 1. The minimum atomic E-state index is -5.08. The summed E-state index contributed by atoms with van der Waals surface area (Å²) in [6.07, 6.45) is -3.08. The van der Waals surface area contributed by atoms with Gasteiger partial charge in [-0.15, -0.1) is 0 Å². The van der Waals surface area contributed by atoms with Gasteiger partial charge < -0.3 is 15.4 Å². The van der Waals surface area contributed by atoms with Gasteiger partial charge in [-0.2, -0.15) is 13.2 Å². The summed E-state index contributed by atoms with van der Waals surface area (Å²) < 4.78 is 34.6. The summed E-state index contributed by atoms with van der Waals surface area (Å²) in [5, 5.41) is 10.5. The lowest BCUT2D eigenvalue weighted by molar-refractivity contribution is -0.192. The average molecular weight is 424 g/mol. The van der Waals surface area contributed by atoms with E-state index >= 15 is 0 Å². The van der Waals surface area contributed by atoms with Crippen molar-refractivity contribution in [2.45, 2.75) is 38.0 Å². The second kappa shape index (κ2) is 7.61. The van der Waals surface area contributed by atoms with Crippen LogP contribution in [0.25, 0.3) is 11.0 Å². The lowest BCUT2D eigenvalue weighted by atomic mass is 10.0.